The molecule has 1 fully saturated rings. The van der Waals surface area contributed by atoms with E-state index in [9.17, 15) is 9.59 Å². The Hall–Kier alpha value is -1.52. The van der Waals surface area contributed by atoms with E-state index in [0.717, 1.165) is 0 Å². The van der Waals surface area contributed by atoms with Gasteiger partial charge in [0.05, 0.1) is 6.54 Å². The lowest BCUT2D eigenvalue weighted by atomic mass is 10.3. The molecule has 80 valence electrons. The highest BCUT2D eigenvalue weighted by molar-refractivity contribution is 5.93. The van der Waals surface area contributed by atoms with E-state index in [4.69, 9.17) is 0 Å². The van der Waals surface area contributed by atoms with Crippen molar-refractivity contribution in [2.24, 2.45) is 0 Å². The summed E-state index contributed by atoms with van der Waals surface area (Å²) in [6, 6.07) is -0.274. The van der Waals surface area contributed by atoms with E-state index >= 15 is 0 Å². The third-order valence-electron chi connectivity index (χ3n) is 1.48. The fourth-order valence-corrected chi connectivity index (χ4v) is 0.796. The minimum atomic E-state index is -0.327. The molecule has 1 aliphatic rings. The summed E-state index contributed by atoms with van der Waals surface area (Å²) >= 11 is 0. The zero-order valence-corrected chi connectivity index (χ0v) is 8.89. The largest absolute Gasteiger partial charge is 0.336 e. The number of rotatable bonds is 2. The first-order valence-corrected chi connectivity index (χ1v) is 4.63. The Bertz CT molecular complexity index is 238. The van der Waals surface area contributed by atoms with Gasteiger partial charge in [0.15, 0.2) is 0 Å². The molecule has 0 unspecified atom stereocenters. The first-order chi connectivity index (χ1) is 6.61. The van der Waals surface area contributed by atoms with Crippen molar-refractivity contribution in [2.75, 3.05) is 13.1 Å². The molecule has 0 aliphatic carbocycles. The van der Waals surface area contributed by atoms with Gasteiger partial charge in [0.1, 0.15) is 0 Å². The van der Waals surface area contributed by atoms with Gasteiger partial charge in [0, 0.05) is 12.1 Å². The average molecular weight is 199 g/mol. The molecule has 0 radical (unpaired) electrons. The second-order valence-electron chi connectivity index (χ2n) is 2.60. The second-order valence-corrected chi connectivity index (χ2v) is 2.60. The summed E-state index contributed by atoms with van der Waals surface area (Å²) in [4.78, 5) is 21.9. The topological polar surface area (TPSA) is 61.4 Å². The molecule has 1 aliphatic heterocycles. The maximum atomic E-state index is 11.0. The number of urea groups is 1. The van der Waals surface area contributed by atoms with Crippen molar-refractivity contribution < 1.29 is 9.59 Å². The number of nitrogens with zero attached hydrogens (tertiary/aromatic N) is 1. The number of hydrogen-bond donors (Lipinski definition) is 2. The van der Waals surface area contributed by atoms with Gasteiger partial charge in [-0.15, -0.1) is 0 Å². The Balaban J connectivity index is 0.000000791. The molecule has 1 heterocycles. The van der Waals surface area contributed by atoms with Crippen molar-refractivity contribution in [3.05, 3.63) is 12.2 Å². The Morgan fingerprint density at radius 2 is 2.14 bits per heavy atom. The van der Waals surface area contributed by atoms with Gasteiger partial charge in [-0.1, -0.05) is 20.4 Å². The molecule has 0 spiro atoms. The van der Waals surface area contributed by atoms with Crippen LogP contribution in [-0.4, -0.2) is 30.0 Å². The SMILES string of the molecule is C=C(C)C(=O)NN1CCNC1=O.CC. The molecular formula is C9H17N3O2. The van der Waals surface area contributed by atoms with Crippen LogP contribution in [-0.2, 0) is 4.79 Å². The Morgan fingerprint density at radius 1 is 1.57 bits per heavy atom. The van der Waals surface area contributed by atoms with Gasteiger partial charge in [-0.2, -0.15) is 0 Å². The minimum Gasteiger partial charge on any atom is -0.335 e. The summed E-state index contributed by atoms with van der Waals surface area (Å²) < 4.78 is 0. The average Bonchev–Trinajstić information content (AvgIpc) is 2.55. The summed E-state index contributed by atoms with van der Waals surface area (Å²) in [6.45, 7) is 10.1. The first-order valence-electron chi connectivity index (χ1n) is 4.63. The van der Waals surface area contributed by atoms with Crippen LogP contribution in [0.2, 0.25) is 0 Å². The molecule has 3 amide bonds. The predicted octanol–water partition coefficient (Wildman–Crippen LogP) is 0.645. The van der Waals surface area contributed by atoms with Crippen LogP contribution in [0.5, 0.6) is 0 Å². The Labute approximate surface area is 84.1 Å². The van der Waals surface area contributed by atoms with E-state index < -0.39 is 0 Å². The molecule has 0 aromatic rings. The number of hydrazine groups is 1. The van der Waals surface area contributed by atoms with Crippen LogP contribution < -0.4 is 10.7 Å². The molecule has 0 aromatic heterocycles. The molecule has 2 N–H and O–H groups in total. The molecule has 5 heteroatoms. The number of carbonyl (C=O) groups excluding carboxylic acids is 2. The van der Waals surface area contributed by atoms with Gasteiger partial charge in [-0.3, -0.25) is 10.2 Å². The smallest absolute Gasteiger partial charge is 0.335 e. The molecule has 0 atom stereocenters. The fraction of sp³-hybridized carbons (Fsp3) is 0.556. The van der Waals surface area contributed by atoms with Gasteiger partial charge in [0.2, 0.25) is 0 Å². The fourth-order valence-electron chi connectivity index (χ4n) is 0.796. The summed E-state index contributed by atoms with van der Waals surface area (Å²) in [6.07, 6.45) is 0. The van der Waals surface area contributed by atoms with Crippen LogP contribution in [0.3, 0.4) is 0 Å². The quantitative estimate of drug-likeness (QED) is 0.641. The highest BCUT2D eigenvalue weighted by Crippen LogP contribution is 1.94. The van der Waals surface area contributed by atoms with Gasteiger partial charge in [-0.25, -0.2) is 9.80 Å². The summed E-state index contributed by atoms with van der Waals surface area (Å²) in [5, 5.41) is 3.79. The summed E-state index contributed by atoms with van der Waals surface area (Å²) in [5.41, 5.74) is 2.79. The normalized spacial score (nSPS) is 13.9. The first kappa shape index (κ1) is 12.5. The summed E-state index contributed by atoms with van der Waals surface area (Å²) in [5.74, 6) is -0.327. The third-order valence-corrected chi connectivity index (χ3v) is 1.48. The van der Waals surface area contributed by atoms with Crippen LogP contribution in [0.15, 0.2) is 12.2 Å². The number of hydrogen-bond acceptors (Lipinski definition) is 2. The minimum absolute atomic E-state index is 0.274. The maximum Gasteiger partial charge on any atom is 0.336 e. The lowest BCUT2D eigenvalue weighted by Crippen LogP contribution is -2.44. The van der Waals surface area contributed by atoms with E-state index in [1.165, 1.54) is 5.01 Å². The third kappa shape index (κ3) is 3.47. The van der Waals surface area contributed by atoms with E-state index in [2.05, 4.69) is 17.3 Å². The monoisotopic (exact) mass is 199 g/mol. The lowest BCUT2D eigenvalue weighted by molar-refractivity contribution is -0.120. The van der Waals surface area contributed by atoms with Crippen molar-refractivity contribution in [2.45, 2.75) is 20.8 Å². The molecule has 1 saturated heterocycles. The van der Waals surface area contributed by atoms with Gasteiger partial charge in [0.25, 0.3) is 5.91 Å². The van der Waals surface area contributed by atoms with Gasteiger partial charge < -0.3 is 5.32 Å². The molecule has 0 saturated carbocycles. The van der Waals surface area contributed by atoms with Crippen molar-refractivity contribution in [1.29, 1.82) is 0 Å². The second kappa shape index (κ2) is 6.01. The van der Waals surface area contributed by atoms with E-state index in [-0.39, 0.29) is 11.9 Å². The molecule has 0 bridgehead atoms. The molecular weight excluding hydrogens is 182 g/mol. The van der Waals surface area contributed by atoms with Crippen LogP contribution >= 0.6 is 0 Å². The summed E-state index contributed by atoms with van der Waals surface area (Å²) in [7, 11) is 0. The standard InChI is InChI=1S/C7H11N3O2.C2H6/c1-5(2)6(11)9-10-4-3-8-7(10)12;1-2/h1,3-4H2,2H3,(H,8,12)(H,9,11);1-2H3. The van der Waals surface area contributed by atoms with E-state index in [1.807, 2.05) is 13.8 Å². The highest BCUT2D eigenvalue weighted by atomic mass is 16.2. The molecule has 5 nitrogen and oxygen atoms in total. The van der Waals surface area contributed by atoms with Crippen LogP contribution in [0, 0.1) is 0 Å². The molecule has 14 heavy (non-hydrogen) atoms. The van der Waals surface area contributed by atoms with Gasteiger partial charge >= 0.3 is 6.03 Å². The Morgan fingerprint density at radius 3 is 2.50 bits per heavy atom. The number of amides is 3. The van der Waals surface area contributed by atoms with Crippen molar-refractivity contribution in [3.8, 4) is 0 Å². The van der Waals surface area contributed by atoms with E-state index in [1.54, 1.807) is 6.92 Å². The van der Waals surface area contributed by atoms with Crippen LogP contribution in [0.25, 0.3) is 0 Å². The molecule has 1 rings (SSSR count). The lowest BCUT2D eigenvalue weighted by Gasteiger charge is -2.14. The van der Waals surface area contributed by atoms with Crippen molar-refractivity contribution in [1.82, 2.24) is 15.8 Å². The highest BCUT2D eigenvalue weighted by Gasteiger charge is 2.20. The van der Waals surface area contributed by atoms with Crippen LogP contribution in [0.1, 0.15) is 20.8 Å². The zero-order chi connectivity index (χ0) is 11.1. The van der Waals surface area contributed by atoms with Crippen molar-refractivity contribution >= 4 is 11.9 Å². The van der Waals surface area contributed by atoms with E-state index in [0.29, 0.717) is 18.7 Å². The Kier molecular flexibility index (Phi) is 5.36. The maximum absolute atomic E-state index is 11.0. The van der Waals surface area contributed by atoms with Crippen LogP contribution in [0.4, 0.5) is 4.79 Å². The predicted molar refractivity (Wildman–Crippen MR) is 54.4 cm³/mol. The number of nitrogens with one attached hydrogen (secondary N) is 2. The van der Waals surface area contributed by atoms with Crippen molar-refractivity contribution in [3.63, 3.8) is 0 Å². The molecule has 0 aromatic carbocycles. The zero-order valence-electron chi connectivity index (χ0n) is 8.89. The van der Waals surface area contributed by atoms with Gasteiger partial charge in [-0.05, 0) is 6.92 Å². The number of carbonyl (C=O) groups is 2.